The van der Waals surface area contributed by atoms with E-state index >= 15 is 0 Å². The van der Waals surface area contributed by atoms with Crippen LogP contribution < -0.4 is 9.91 Å². The second kappa shape index (κ2) is 19.0. The van der Waals surface area contributed by atoms with Gasteiger partial charge in [-0.3, -0.25) is 14.7 Å². The maximum Gasteiger partial charge on any atom is 0.266 e. The van der Waals surface area contributed by atoms with Crippen LogP contribution >= 0.6 is 24.0 Å². The molecule has 0 saturated carbocycles. The molecule has 0 aromatic heterocycles. The van der Waals surface area contributed by atoms with Crippen LogP contribution in [0.25, 0.3) is 6.08 Å². The first-order valence-electron chi connectivity index (χ1n) is 17.6. The second-order valence-electron chi connectivity index (χ2n) is 12.5. The summed E-state index contributed by atoms with van der Waals surface area (Å²) in [7, 11) is 0. The molecule has 0 spiro atoms. The summed E-state index contributed by atoms with van der Waals surface area (Å²) in [5.74, 6) is -0.235. The number of hydrazone groups is 1. The summed E-state index contributed by atoms with van der Waals surface area (Å²) in [6.45, 7) is 5.21. The van der Waals surface area contributed by atoms with Crippen LogP contribution in [0.3, 0.4) is 0 Å². The number of unbranched alkanes of at least 4 members (excludes halogenated alkanes) is 7. The third-order valence-electron chi connectivity index (χ3n) is 8.65. The predicted molar refractivity (Wildman–Crippen MR) is 216 cm³/mol. The number of para-hydroxylation sites is 1. The molecule has 1 aliphatic rings. The minimum atomic E-state index is -0.235. The van der Waals surface area contributed by atoms with E-state index in [0.717, 1.165) is 46.8 Å². The number of benzene rings is 4. The fourth-order valence-electron chi connectivity index (χ4n) is 5.84. The molecule has 1 amide bonds. The molecule has 0 unspecified atom stereocenters. The number of amides is 1. The average molecular weight is 703 g/mol. The van der Waals surface area contributed by atoms with Crippen molar-refractivity contribution in [3.63, 3.8) is 0 Å². The van der Waals surface area contributed by atoms with Gasteiger partial charge in [0.1, 0.15) is 10.6 Å². The molecule has 4 aromatic carbocycles. The molecule has 258 valence electrons. The van der Waals surface area contributed by atoms with E-state index in [0.29, 0.717) is 15.5 Å². The quantitative estimate of drug-likeness (QED) is 0.0257. The summed E-state index contributed by atoms with van der Waals surface area (Å²) in [6.07, 6.45) is 14.7. The average Bonchev–Trinajstić information content (AvgIpc) is 3.40. The maximum atomic E-state index is 12.7. The number of nitrogens with zero attached hydrogens (tertiary/aromatic N) is 4. The number of thiocarbonyl (C=S) groups is 1. The predicted octanol–water partition coefficient (Wildman–Crippen LogP) is 10.8. The largest absolute Gasteiger partial charge is 0.311 e. The molecule has 0 aliphatic carbocycles. The number of thioether (sulfide) groups is 1. The van der Waals surface area contributed by atoms with Gasteiger partial charge in [0.25, 0.3) is 5.91 Å². The van der Waals surface area contributed by atoms with Crippen molar-refractivity contribution < 1.29 is 9.59 Å². The van der Waals surface area contributed by atoms with Crippen molar-refractivity contribution >= 4 is 75.5 Å². The Hall–Kier alpha value is -4.53. The fourth-order valence-corrected chi connectivity index (χ4v) is 7.11. The molecule has 1 saturated heterocycles. The zero-order chi connectivity index (χ0) is 35.1. The van der Waals surface area contributed by atoms with Crippen LogP contribution in [0.5, 0.6) is 0 Å². The number of hydrogen-bond donors (Lipinski definition) is 0. The van der Waals surface area contributed by atoms with Crippen molar-refractivity contribution in [2.24, 2.45) is 5.10 Å². The molecular weight excluding hydrogens is 657 g/mol. The Morgan fingerprint density at radius 3 is 1.88 bits per heavy atom. The van der Waals surface area contributed by atoms with Gasteiger partial charge in [0.15, 0.2) is 0 Å². The lowest BCUT2D eigenvalue weighted by atomic mass is 10.1. The number of aryl methyl sites for hydroxylation is 1. The van der Waals surface area contributed by atoms with E-state index in [2.05, 4.69) is 109 Å². The van der Waals surface area contributed by atoms with E-state index in [1.807, 2.05) is 30.5 Å². The number of hydrogen-bond acceptors (Lipinski definition) is 7. The Morgan fingerprint density at radius 1 is 0.720 bits per heavy atom. The van der Waals surface area contributed by atoms with Gasteiger partial charge in [0, 0.05) is 23.6 Å². The van der Waals surface area contributed by atoms with E-state index in [9.17, 15) is 9.59 Å². The maximum absolute atomic E-state index is 12.7. The van der Waals surface area contributed by atoms with Crippen LogP contribution in [0.2, 0.25) is 0 Å². The van der Waals surface area contributed by atoms with E-state index in [-0.39, 0.29) is 12.5 Å². The van der Waals surface area contributed by atoms with Crippen LogP contribution in [0, 0.1) is 6.92 Å². The molecule has 0 atom stereocenters. The van der Waals surface area contributed by atoms with Crippen molar-refractivity contribution in [2.75, 3.05) is 23.0 Å². The molecule has 4 aromatic rings. The molecule has 0 N–H and O–H groups in total. The molecule has 6 nitrogen and oxygen atoms in total. The highest BCUT2D eigenvalue weighted by atomic mass is 32.2. The monoisotopic (exact) mass is 702 g/mol. The van der Waals surface area contributed by atoms with Crippen LogP contribution in [-0.4, -0.2) is 40.7 Å². The summed E-state index contributed by atoms with van der Waals surface area (Å²) in [4.78, 5) is 27.8. The van der Waals surface area contributed by atoms with Gasteiger partial charge < -0.3 is 9.69 Å². The number of anilines is 4. The SMILES string of the molecule is CCCCCCCCCCN(/N=C/c1ccc(N(c2ccc(C)cc2)c2ccc(/C=C3/SC(=S)N(CC=O)C3=O)cc2)cc1)c1ccccc1. The molecule has 1 fully saturated rings. The molecule has 1 heterocycles. The minimum absolute atomic E-state index is 0.0261. The van der Waals surface area contributed by atoms with Gasteiger partial charge in [-0.05, 0) is 79.1 Å². The van der Waals surface area contributed by atoms with E-state index < -0.39 is 0 Å². The Bertz CT molecular complexity index is 1750. The molecule has 5 rings (SSSR count). The molecule has 0 radical (unpaired) electrons. The van der Waals surface area contributed by atoms with Crippen molar-refractivity contribution in [3.8, 4) is 0 Å². The second-order valence-corrected chi connectivity index (χ2v) is 14.2. The fraction of sp³-hybridized carbons (Fsp3) is 0.286. The summed E-state index contributed by atoms with van der Waals surface area (Å²) in [5.41, 5.74) is 7.25. The van der Waals surface area contributed by atoms with Gasteiger partial charge in [-0.15, -0.1) is 0 Å². The summed E-state index contributed by atoms with van der Waals surface area (Å²) >= 11 is 6.52. The summed E-state index contributed by atoms with van der Waals surface area (Å²) in [6, 6.07) is 35.4. The van der Waals surface area contributed by atoms with Crippen molar-refractivity contribution in [1.29, 1.82) is 0 Å². The van der Waals surface area contributed by atoms with E-state index in [1.165, 1.54) is 67.2 Å². The molecule has 1 aliphatic heterocycles. The van der Waals surface area contributed by atoms with Crippen LogP contribution in [0.4, 0.5) is 22.7 Å². The first kappa shape index (κ1) is 36.7. The minimum Gasteiger partial charge on any atom is -0.311 e. The first-order valence-corrected chi connectivity index (χ1v) is 18.8. The topological polar surface area (TPSA) is 56.2 Å². The van der Waals surface area contributed by atoms with Crippen molar-refractivity contribution in [3.05, 3.63) is 125 Å². The highest BCUT2D eigenvalue weighted by Gasteiger charge is 2.31. The number of carbonyl (C=O) groups is 2. The Balaban J connectivity index is 1.31. The van der Waals surface area contributed by atoms with Gasteiger partial charge in [-0.2, -0.15) is 5.10 Å². The normalized spacial score (nSPS) is 13.8. The van der Waals surface area contributed by atoms with Gasteiger partial charge in [0.2, 0.25) is 0 Å². The Morgan fingerprint density at radius 2 is 1.28 bits per heavy atom. The highest BCUT2D eigenvalue weighted by Crippen LogP contribution is 2.36. The third-order valence-corrected chi connectivity index (χ3v) is 10.0. The Labute approximate surface area is 306 Å². The lowest BCUT2D eigenvalue weighted by molar-refractivity contribution is -0.124. The Kier molecular flexibility index (Phi) is 14.0. The lowest BCUT2D eigenvalue weighted by Gasteiger charge is -2.26. The zero-order valence-electron chi connectivity index (χ0n) is 29.0. The number of rotatable bonds is 18. The molecule has 50 heavy (non-hydrogen) atoms. The van der Waals surface area contributed by atoms with Crippen molar-refractivity contribution in [1.82, 2.24) is 4.90 Å². The van der Waals surface area contributed by atoms with Crippen LogP contribution in [0.15, 0.2) is 113 Å². The van der Waals surface area contributed by atoms with Gasteiger partial charge in [-0.25, -0.2) is 0 Å². The third kappa shape index (κ3) is 10.2. The van der Waals surface area contributed by atoms with Crippen molar-refractivity contribution in [2.45, 2.75) is 65.2 Å². The summed E-state index contributed by atoms with van der Waals surface area (Å²) in [5, 5.41) is 7.05. The zero-order valence-corrected chi connectivity index (χ0v) is 30.7. The molecule has 0 bridgehead atoms. The first-order chi connectivity index (χ1) is 24.5. The smallest absolute Gasteiger partial charge is 0.266 e. The number of aldehydes is 1. The molecule has 8 heteroatoms. The van der Waals surface area contributed by atoms with E-state index in [4.69, 9.17) is 17.3 Å². The number of carbonyl (C=O) groups excluding carboxylic acids is 2. The van der Waals surface area contributed by atoms with Gasteiger partial charge in [0.05, 0.1) is 23.4 Å². The summed E-state index contributed by atoms with van der Waals surface area (Å²) < 4.78 is 0.403. The molecular formula is C42H46N4O2S2. The van der Waals surface area contributed by atoms with Gasteiger partial charge in [-0.1, -0.05) is 136 Å². The highest BCUT2D eigenvalue weighted by molar-refractivity contribution is 8.26. The standard InChI is InChI=1S/C42H46N4O2S2/c1-3-4-5-6-7-8-9-13-28-45(36-14-11-10-12-15-36)43-32-35-20-26-39(27-21-35)46(37-22-16-33(2)17-23-37)38-24-18-34(19-25-38)31-40-41(48)44(29-30-47)42(49)50-40/h10-12,14-27,30-32H,3-9,13,28-29H2,1-2H3/b40-31+,43-32+. The lowest BCUT2D eigenvalue weighted by Crippen LogP contribution is -2.29. The van der Waals surface area contributed by atoms with Crippen LogP contribution in [-0.2, 0) is 9.59 Å². The van der Waals surface area contributed by atoms with E-state index in [1.54, 1.807) is 0 Å². The van der Waals surface area contributed by atoms with Crippen LogP contribution in [0.1, 0.15) is 75.0 Å². The van der Waals surface area contributed by atoms with Gasteiger partial charge >= 0.3 is 0 Å².